The highest BCUT2D eigenvalue weighted by molar-refractivity contribution is 6.22. The highest BCUT2D eigenvalue weighted by atomic mass is 35.5. The van der Waals surface area contributed by atoms with E-state index in [0.29, 0.717) is 0 Å². The predicted molar refractivity (Wildman–Crippen MR) is 92.2 cm³/mol. The van der Waals surface area contributed by atoms with E-state index in [2.05, 4.69) is 74.5 Å². The fourth-order valence-electron chi connectivity index (χ4n) is 2.90. The Kier molecular flexibility index (Phi) is 3.98. The molecule has 0 aliphatic carbocycles. The molecule has 0 aromatic heterocycles. The van der Waals surface area contributed by atoms with Crippen LogP contribution in [0.25, 0.3) is 10.8 Å². The molecule has 0 bridgehead atoms. The summed E-state index contributed by atoms with van der Waals surface area (Å²) < 4.78 is 0. The highest BCUT2D eigenvalue weighted by Crippen LogP contribution is 2.32. The first-order chi connectivity index (χ1) is 10.1. The number of fused-ring (bicyclic) bond motifs is 1. The van der Waals surface area contributed by atoms with Gasteiger partial charge in [0.1, 0.15) is 0 Å². The molecule has 1 atom stereocenters. The van der Waals surface area contributed by atoms with Crippen LogP contribution in [0.5, 0.6) is 0 Å². The van der Waals surface area contributed by atoms with Gasteiger partial charge in [-0.3, -0.25) is 0 Å². The summed E-state index contributed by atoms with van der Waals surface area (Å²) in [5.74, 6) is 0. The second kappa shape index (κ2) is 5.91. The molecular weight excluding hydrogens is 276 g/mol. The summed E-state index contributed by atoms with van der Waals surface area (Å²) >= 11 is 6.72. The molecule has 0 heterocycles. The molecular formula is C20H19Cl. The quantitative estimate of drug-likeness (QED) is 0.521. The number of hydrogen-bond acceptors (Lipinski definition) is 0. The largest absolute Gasteiger partial charge is 0.117 e. The van der Waals surface area contributed by atoms with E-state index in [1.807, 2.05) is 0 Å². The molecule has 0 aliphatic rings. The van der Waals surface area contributed by atoms with Crippen molar-refractivity contribution < 1.29 is 0 Å². The number of hydrogen-bond donors (Lipinski definition) is 0. The van der Waals surface area contributed by atoms with Crippen molar-refractivity contribution in [3.05, 3.63) is 82.9 Å². The zero-order valence-corrected chi connectivity index (χ0v) is 13.2. The van der Waals surface area contributed by atoms with E-state index in [1.165, 1.54) is 33.0 Å². The summed E-state index contributed by atoms with van der Waals surface area (Å²) in [5.41, 5.74) is 5.10. The molecule has 0 radical (unpaired) electrons. The summed E-state index contributed by atoms with van der Waals surface area (Å²) in [5, 5.41) is 2.56. The Morgan fingerprint density at radius 1 is 0.857 bits per heavy atom. The van der Waals surface area contributed by atoms with Gasteiger partial charge in [0.05, 0.1) is 5.38 Å². The Bertz CT molecular complexity index is 774. The van der Waals surface area contributed by atoms with Crippen molar-refractivity contribution in [2.24, 2.45) is 0 Å². The third-order valence-electron chi connectivity index (χ3n) is 4.01. The maximum atomic E-state index is 6.72. The number of rotatable bonds is 3. The van der Waals surface area contributed by atoms with E-state index < -0.39 is 0 Å². The van der Waals surface area contributed by atoms with Gasteiger partial charge in [0.15, 0.2) is 0 Å². The minimum Gasteiger partial charge on any atom is -0.117 e. The summed E-state index contributed by atoms with van der Waals surface area (Å²) in [6.07, 6.45) is 0.857. The number of alkyl halides is 1. The van der Waals surface area contributed by atoms with Gasteiger partial charge < -0.3 is 0 Å². The molecule has 3 aromatic carbocycles. The maximum absolute atomic E-state index is 6.72. The van der Waals surface area contributed by atoms with Crippen LogP contribution in [0.2, 0.25) is 0 Å². The fourth-order valence-corrected chi connectivity index (χ4v) is 3.27. The third-order valence-corrected chi connectivity index (χ3v) is 4.40. The Morgan fingerprint density at radius 3 is 2.38 bits per heavy atom. The lowest BCUT2D eigenvalue weighted by atomic mass is 9.95. The van der Waals surface area contributed by atoms with Crippen LogP contribution < -0.4 is 0 Å². The lowest BCUT2D eigenvalue weighted by Gasteiger charge is -2.15. The van der Waals surface area contributed by atoms with Gasteiger partial charge in [-0.1, -0.05) is 66.2 Å². The van der Waals surface area contributed by atoms with Crippen molar-refractivity contribution in [2.45, 2.75) is 25.6 Å². The van der Waals surface area contributed by atoms with Crippen molar-refractivity contribution in [1.82, 2.24) is 0 Å². The second-order valence-electron chi connectivity index (χ2n) is 5.68. The minimum absolute atomic E-state index is 0.00250. The predicted octanol–water partition coefficient (Wildman–Crippen LogP) is 5.98. The number of benzene rings is 3. The van der Waals surface area contributed by atoms with Crippen LogP contribution >= 0.6 is 11.6 Å². The van der Waals surface area contributed by atoms with Crippen LogP contribution in [-0.2, 0) is 6.42 Å². The maximum Gasteiger partial charge on any atom is 0.0631 e. The van der Waals surface area contributed by atoms with Crippen molar-refractivity contribution in [3.8, 4) is 0 Å². The molecule has 21 heavy (non-hydrogen) atoms. The molecule has 0 nitrogen and oxygen atoms in total. The second-order valence-corrected chi connectivity index (χ2v) is 6.20. The zero-order valence-electron chi connectivity index (χ0n) is 12.4. The van der Waals surface area contributed by atoms with Crippen molar-refractivity contribution in [3.63, 3.8) is 0 Å². The van der Waals surface area contributed by atoms with Crippen LogP contribution in [0.15, 0.2) is 60.7 Å². The molecule has 0 N–H and O–H groups in total. The smallest absolute Gasteiger partial charge is 0.0631 e. The summed E-state index contributed by atoms with van der Waals surface area (Å²) in [6, 6.07) is 21.4. The van der Waals surface area contributed by atoms with Gasteiger partial charge in [-0.25, -0.2) is 0 Å². The van der Waals surface area contributed by atoms with Gasteiger partial charge in [-0.05, 0) is 47.7 Å². The van der Waals surface area contributed by atoms with Crippen LogP contribution in [-0.4, -0.2) is 0 Å². The van der Waals surface area contributed by atoms with E-state index in [1.54, 1.807) is 0 Å². The fraction of sp³-hybridized carbons (Fsp3) is 0.200. The zero-order chi connectivity index (χ0) is 14.8. The Hall–Kier alpha value is -1.79. The van der Waals surface area contributed by atoms with Gasteiger partial charge in [0.2, 0.25) is 0 Å². The molecule has 0 fully saturated rings. The first-order valence-electron chi connectivity index (χ1n) is 7.33. The lowest BCUT2D eigenvalue weighted by Crippen LogP contribution is -1.98. The first-order valence-corrected chi connectivity index (χ1v) is 7.76. The van der Waals surface area contributed by atoms with E-state index >= 15 is 0 Å². The molecule has 1 unspecified atom stereocenters. The molecule has 0 aliphatic heterocycles. The standard InChI is InChI=1S/C20H19Cl/c1-14-6-5-7-16(12-14)13-20(21)19-11-10-15(2)17-8-3-4-9-18(17)19/h3-12,20H,13H2,1-2H3. The molecule has 0 spiro atoms. The molecule has 0 saturated carbocycles. The van der Waals surface area contributed by atoms with Crippen molar-refractivity contribution >= 4 is 22.4 Å². The molecule has 1 heteroatoms. The lowest BCUT2D eigenvalue weighted by molar-refractivity contribution is 0.926. The van der Waals surface area contributed by atoms with Crippen LogP contribution in [0.1, 0.15) is 27.6 Å². The number of aryl methyl sites for hydroxylation is 2. The minimum atomic E-state index is -0.00250. The van der Waals surface area contributed by atoms with Gasteiger partial charge in [-0.2, -0.15) is 0 Å². The Balaban J connectivity index is 1.98. The summed E-state index contributed by atoms with van der Waals surface area (Å²) in [7, 11) is 0. The van der Waals surface area contributed by atoms with Gasteiger partial charge >= 0.3 is 0 Å². The van der Waals surface area contributed by atoms with Crippen molar-refractivity contribution in [2.75, 3.05) is 0 Å². The first kappa shape index (κ1) is 14.2. The molecule has 3 rings (SSSR count). The number of halogens is 1. The van der Waals surface area contributed by atoms with E-state index in [-0.39, 0.29) is 5.38 Å². The average molecular weight is 295 g/mol. The van der Waals surface area contributed by atoms with Crippen LogP contribution in [0, 0.1) is 13.8 Å². The molecule has 106 valence electrons. The molecule has 0 amide bonds. The average Bonchev–Trinajstić information content (AvgIpc) is 2.48. The van der Waals surface area contributed by atoms with Gasteiger partial charge in [-0.15, -0.1) is 11.6 Å². The van der Waals surface area contributed by atoms with Gasteiger partial charge in [0, 0.05) is 0 Å². The molecule has 0 saturated heterocycles. The monoisotopic (exact) mass is 294 g/mol. The van der Waals surface area contributed by atoms with Crippen molar-refractivity contribution in [1.29, 1.82) is 0 Å². The molecule has 3 aromatic rings. The van der Waals surface area contributed by atoms with E-state index in [9.17, 15) is 0 Å². The van der Waals surface area contributed by atoms with Crippen LogP contribution in [0.4, 0.5) is 0 Å². The van der Waals surface area contributed by atoms with E-state index in [0.717, 1.165) is 6.42 Å². The Labute approximate surface area is 131 Å². The summed E-state index contributed by atoms with van der Waals surface area (Å²) in [6.45, 7) is 4.27. The van der Waals surface area contributed by atoms with Crippen LogP contribution in [0.3, 0.4) is 0 Å². The Morgan fingerprint density at radius 2 is 1.62 bits per heavy atom. The normalized spacial score (nSPS) is 12.5. The topological polar surface area (TPSA) is 0 Å². The van der Waals surface area contributed by atoms with Gasteiger partial charge in [0.25, 0.3) is 0 Å². The summed E-state index contributed by atoms with van der Waals surface area (Å²) in [4.78, 5) is 0. The SMILES string of the molecule is Cc1cccc(CC(Cl)c2ccc(C)c3ccccc23)c1. The highest BCUT2D eigenvalue weighted by Gasteiger charge is 2.13. The van der Waals surface area contributed by atoms with E-state index in [4.69, 9.17) is 11.6 Å². The third kappa shape index (κ3) is 2.96.